The molecule has 1 N–H and O–H groups in total. The zero-order valence-corrected chi connectivity index (χ0v) is 10.1. The zero-order valence-electron chi connectivity index (χ0n) is 7.13. The summed E-state index contributed by atoms with van der Waals surface area (Å²) < 4.78 is 1.28. The molecule has 0 aliphatic carbocycles. The number of halogens is 1. The van der Waals surface area contributed by atoms with E-state index in [4.69, 9.17) is 0 Å². The van der Waals surface area contributed by atoms with Gasteiger partial charge >= 0.3 is 0 Å². The van der Waals surface area contributed by atoms with Crippen LogP contribution < -0.4 is 5.32 Å². The lowest BCUT2D eigenvalue weighted by Crippen LogP contribution is -2.37. The molecule has 0 aromatic carbocycles. The van der Waals surface area contributed by atoms with Crippen LogP contribution >= 0.6 is 34.4 Å². The van der Waals surface area contributed by atoms with Gasteiger partial charge in [0.1, 0.15) is 5.50 Å². The van der Waals surface area contributed by atoms with Gasteiger partial charge in [0.2, 0.25) is 0 Å². The van der Waals surface area contributed by atoms with E-state index >= 15 is 0 Å². The van der Waals surface area contributed by atoms with Crippen molar-refractivity contribution in [3.8, 4) is 0 Å². The predicted molar refractivity (Wildman–Crippen MR) is 62.9 cm³/mol. The average molecular weight is 298 g/mol. The monoisotopic (exact) mass is 298 g/mol. The van der Waals surface area contributed by atoms with Gasteiger partial charge in [-0.3, -0.25) is 10.2 Å². The van der Waals surface area contributed by atoms with Crippen molar-refractivity contribution in [2.45, 2.75) is 23.6 Å². The first-order valence-electron chi connectivity index (χ1n) is 4.59. The number of thioether (sulfide) groups is 1. The van der Waals surface area contributed by atoms with E-state index in [0.717, 1.165) is 5.25 Å². The van der Waals surface area contributed by atoms with Crippen molar-refractivity contribution in [3.63, 3.8) is 0 Å². The van der Waals surface area contributed by atoms with Crippen LogP contribution in [0.15, 0.2) is 0 Å². The topological polar surface area (TPSA) is 15.3 Å². The van der Waals surface area contributed by atoms with Gasteiger partial charge < -0.3 is 0 Å². The Labute approximate surface area is 92.0 Å². The lowest BCUT2D eigenvalue weighted by atomic mass is 10.4. The van der Waals surface area contributed by atoms with Crippen molar-refractivity contribution in [1.82, 2.24) is 10.2 Å². The molecule has 2 fully saturated rings. The summed E-state index contributed by atoms with van der Waals surface area (Å²) in [6.07, 6.45) is 2.79. The third kappa shape index (κ3) is 2.08. The number of hydrogen-bond donors (Lipinski definition) is 1. The minimum atomic E-state index is 0.632. The summed E-state index contributed by atoms with van der Waals surface area (Å²) >= 11 is 4.60. The standard InChI is InChI=1S/C8H15IN2S/c9-5-7-6-10-8(12-7)11-3-1-2-4-11/h7-8,10H,1-6H2/t7-,8+/m1/s1. The summed E-state index contributed by atoms with van der Waals surface area (Å²) in [5, 5.41) is 4.43. The molecule has 0 aromatic rings. The minimum Gasteiger partial charge on any atom is -0.292 e. The molecule has 4 heteroatoms. The normalized spacial score (nSPS) is 37.8. The second-order valence-corrected chi connectivity index (χ2v) is 5.68. The van der Waals surface area contributed by atoms with Crippen molar-refractivity contribution in [2.24, 2.45) is 0 Å². The van der Waals surface area contributed by atoms with Gasteiger partial charge in [-0.1, -0.05) is 22.6 Å². The van der Waals surface area contributed by atoms with E-state index in [0.29, 0.717) is 5.50 Å². The van der Waals surface area contributed by atoms with E-state index in [1.807, 2.05) is 0 Å². The molecular formula is C8H15IN2S. The molecule has 0 bridgehead atoms. The van der Waals surface area contributed by atoms with E-state index in [1.54, 1.807) is 0 Å². The van der Waals surface area contributed by atoms with Crippen molar-refractivity contribution in [2.75, 3.05) is 24.1 Å². The lowest BCUT2D eigenvalue weighted by Gasteiger charge is -2.22. The summed E-state index contributed by atoms with van der Waals surface area (Å²) in [6, 6.07) is 0. The van der Waals surface area contributed by atoms with E-state index in [-0.39, 0.29) is 0 Å². The van der Waals surface area contributed by atoms with Gasteiger partial charge in [0.25, 0.3) is 0 Å². The summed E-state index contributed by atoms with van der Waals surface area (Å²) in [7, 11) is 0. The van der Waals surface area contributed by atoms with Crippen molar-refractivity contribution >= 4 is 34.4 Å². The maximum Gasteiger partial charge on any atom is 0.108 e. The van der Waals surface area contributed by atoms with E-state index in [2.05, 4.69) is 44.6 Å². The number of nitrogens with zero attached hydrogens (tertiary/aromatic N) is 1. The van der Waals surface area contributed by atoms with Crippen LogP contribution in [0.25, 0.3) is 0 Å². The fraction of sp³-hybridized carbons (Fsp3) is 1.00. The molecule has 0 aromatic heterocycles. The fourth-order valence-corrected chi connectivity index (χ4v) is 3.93. The van der Waals surface area contributed by atoms with Gasteiger partial charge in [0.05, 0.1) is 0 Å². The Morgan fingerprint density at radius 2 is 2.17 bits per heavy atom. The number of nitrogens with one attached hydrogen (secondary N) is 1. The highest BCUT2D eigenvalue weighted by atomic mass is 127. The third-order valence-electron chi connectivity index (χ3n) is 2.49. The van der Waals surface area contributed by atoms with Crippen LogP contribution in [0.5, 0.6) is 0 Å². The molecule has 70 valence electrons. The summed E-state index contributed by atoms with van der Waals surface area (Å²) in [5.41, 5.74) is 0.632. The Bertz CT molecular complexity index is 150. The lowest BCUT2D eigenvalue weighted by molar-refractivity contribution is 0.291. The molecule has 0 unspecified atom stereocenters. The summed E-state index contributed by atoms with van der Waals surface area (Å²) in [5.74, 6) is 0. The Morgan fingerprint density at radius 3 is 2.75 bits per heavy atom. The molecule has 0 saturated carbocycles. The largest absolute Gasteiger partial charge is 0.292 e. The van der Waals surface area contributed by atoms with Gasteiger partial charge in [-0.25, -0.2) is 0 Å². The SMILES string of the molecule is IC[C@@H]1CN[C@@H](N2CCCC2)S1. The van der Waals surface area contributed by atoms with Gasteiger partial charge in [-0.15, -0.1) is 11.8 Å². The number of likely N-dealkylation sites (tertiary alicyclic amines) is 1. The van der Waals surface area contributed by atoms with Crippen molar-refractivity contribution < 1.29 is 0 Å². The molecule has 0 amide bonds. The van der Waals surface area contributed by atoms with Crippen LogP contribution in [0.3, 0.4) is 0 Å². The first-order valence-corrected chi connectivity index (χ1v) is 7.06. The highest BCUT2D eigenvalue weighted by Crippen LogP contribution is 2.28. The van der Waals surface area contributed by atoms with Gasteiger partial charge in [-0.05, 0) is 12.8 Å². The third-order valence-corrected chi connectivity index (χ3v) is 5.59. The molecule has 2 heterocycles. The van der Waals surface area contributed by atoms with Gasteiger partial charge in [-0.2, -0.15) is 0 Å². The molecule has 0 radical (unpaired) electrons. The van der Waals surface area contributed by atoms with Gasteiger partial charge in [0, 0.05) is 29.3 Å². The average Bonchev–Trinajstić information content (AvgIpc) is 2.75. The van der Waals surface area contributed by atoms with E-state index in [1.165, 1.54) is 36.9 Å². The summed E-state index contributed by atoms with van der Waals surface area (Å²) in [4.78, 5) is 2.58. The Morgan fingerprint density at radius 1 is 1.42 bits per heavy atom. The number of hydrogen-bond acceptors (Lipinski definition) is 3. The quantitative estimate of drug-likeness (QED) is 0.614. The molecule has 12 heavy (non-hydrogen) atoms. The highest BCUT2D eigenvalue weighted by molar-refractivity contribution is 14.1. The highest BCUT2D eigenvalue weighted by Gasteiger charge is 2.29. The summed E-state index contributed by atoms with van der Waals surface area (Å²) in [6.45, 7) is 3.81. The maximum absolute atomic E-state index is 3.58. The van der Waals surface area contributed by atoms with Crippen LogP contribution in [-0.4, -0.2) is 39.7 Å². The Balaban J connectivity index is 1.81. The second-order valence-electron chi connectivity index (χ2n) is 3.42. The number of rotatable bonds is 2. The predicted octanol–water partition coefficient (Wildman–Crippen LogP) is 1.51. The Kier molecular flexibility index (Phi) is 3.57. The minimum absolute atomic E-state index is 0.632. The van der Waals surface area contributed by atoms with Crippen molar-refractivity contribution in [3.05, 3.63) is 0 Å². The van der Waals surface area contributed by atoms with E-state index in [9.17, 15) is 0 Å². The zero-order chi connectivity index (χ0) is 8.39. The molecule has 2 aliphatic rings. The molecule has 2 aliphatic heterocycles. The van der Waals surface area contributed by atoms with E-state index < -0.39 is 0 Å². The Hall–Kier alpha value is 1.000. The fourth-order valence-electron chi connectivity index (χ4n) is 1.79. The molecule has 2 saturated heterocycles. The molecule has 2 atom stereocenters. The van der Waals surface area contributed by atoms with Gasteiger partial charge in [0.15, 0.2) is 0 Å². The first kappa shape index (κ1) is 9.55. The van der Waals surface area contributed by atoms with Crippen LogP contribution in [0.2, 0.25) is 0 Å². The smallest absolute Gasteiger partial charge is 0.108 e. The molecular weight excluding hydrogens is 283 g/mol. The van der Waals surface area contributed by atoms with Crippen LogP contribution in [0, 0.1) is 0 Å². The first-order chi connectivity index (χ1) is 5.90. The van der Waals surface area contributed by atoms with Crippen LogP contribution in [-0.2, 0) is 0 Å². The van der Waals surface area contributed by atoms with Crippen LogP contribution in [0.1, 0.15) is 12.8 Å². The molecule has 0 spiro atoms. The van der Waals surface area contributed by atoms with Crippen LogP contribution in [0.4, 0.5) is 0 Å². The molecule has 2 rings (SSSR count). The van der Waals surface area contributed by atoms with Crippen molar-refractivity contribution in [1.29, 1.82) is 0 Å². The second kappa shape index (κ2) is 4.48. The number of alkyl halides is 1. The molecule has 2 nitrogen and oxygen atoms in total. The maximum atomic E-state index is 3.58.